The van der Waals surface area contributed by atoms with Gasteiger partial charge in [0.25, 0.3) is 0 Å². The number of fused-ring (bicyclic) bond motifs is 20. The summed E-state index contributed by atoms with van der Waals surface area (Å²) < 4.78 is 30.9. The fraction of sp³-hybridized carbons (Fsp3) is 0. The van der Waals surface area contributed by atoms with Crippen LogP contribution in [0.25, 0.3) is 170 Å². The Bertz CT molecular complexity index is 5520. The predicted octanol–water partition coefficient (Wildman–Crippen LogP) is 19.2. The van der Waals surface area contributed by atoms with Gasteiger partial charge in [0, 0.05) is 53.9 Å². The first-order valence-electron chi connectivity index (χ1n) is 25.1. The minimum atomic E-state index is 0.342. The van der Waals surface area contributed by atoms with Crippen molar-refractivity contribution in [2.24, 2.45) is 0 Å². The van der Waals surface area contributed by atoms with Gasteiger partial charge in [-0.05, 0) is 131 Å². The number of hydrogen-bond donors (Lipinski definition) is 0. The molecule has 8 heteroatoms. The Morgan fingerprint density at radius 2 is 0.750 bits per heavy atom. The van der Waals surface area contributed by atoms with Crippen LogP contribution in [0.1, 0.15) is 5.56 Å². The Hall–Kier alpha value is -10.8. The number of nitrogens with zero attached hydrogens (tertiary/aromatic N) is 4. The van der Waals surface area contributed by atoms with Gasteiger partial charge >= 0.3 is 0 Å². The van der Waals surface area contributed by atoms with Crippen molar-refractivity contribution in [1.82, 2.24) is 9.13 Å². The molecular weight excluding hydrogens is 937 g/mol. The van der Waals surface area contributed by atoms with Crippen LogP contribution < -0.4 is 0 Å². The molecule has 0 spiro atoms. The van der Waals surface area contributed by atoms with E-state index in [0.29, 0.717) is 22.6 Å². The van der Waals surface area contributed by atoms with Crippen LogP contribution in [0, 0.1) is 17.9 Å². The van der Waals surface area contributed by atoms with E-state index < -0.39 is 0 Å². The van der Waals surface area contributed by atoms with Gasteiger partial charge in [0.05, 0.1) is 56.3 Å². The number of hydrogen-bond acceptors (Lipinski definition) is 5. The maximum Gasteiger partial charge on any atom is 0.190 e. The Labute approximate surface area is 430 Å². The Morgan fingerprint density at radius 3 is 1.25 bits per heavy atom. The van der Waals surface area contributed by atoms with Gasteiger partial charge in [-0.15, -0.1) is 0 Å². The number of benzene rings is 11. The Morgan fingerprint density at radius 1 is 0.355 bits per heavy atom. The molecule has 0 saturated heterocycles. The summed E-state index contributed by atoms with van der Waals surface area (Å²) in [6.07, 6.45) is 0. The van der Waals surface area contributed by atoms with Crippen molar-refractivity contribution in [3.8, 4) is 39.7 Å². The molecule has 11 aromatic carbocycles. The van der Waals surface area contributed by atoms with Crippen molar-refractivity contribution in [3.05, 3.63) is 223 Å². The zero-order valence-corrected chi connectivity index (χ0v) is 40.1. The number of furan rings is 4. The first-order chi connectivity index (χ1) is 37.6. The van der Waals surface area contributed by atoms with Crippen molar-refractivity contribution in [1.29, 1.82) is 5.26 Å². The Kier molecular flexibility index (Phi) is 7.99. The average molecular weight is 971 g/mol. The lowest BCUT2D eigenvalue weighted by Gasteiger charge is -2.19. The van der Waals surface area contributed by atoms with Crippen LogP contribution in [0.15, 0.2) is 224 Å². The summed E-state index contributed by atoms with van der Waals surface area (Å²) in [5, 5.41) is 23.5. The van der Waals surface area contributed by atoms with Crippen LogP contribution in [-0.4, -0.2) is 9.13 Å². The molecule has 8 nitrogen and oxygen atoms in total. The monoisotopic (exact) mass is 970 g/mol. The predicted molar refractivity (Wildman–Crippen MR) is 306 cm³/mol. The molecule has 0 unspecified atom stereocenters. The zero-order valence-electron chi connectivity index (χ0n) is 40.1. The van der Waals surface area contributed by atoms with E-state index in [2.05, 4.69) is 141 Å². The van der Waals surface area contributed by atoms with Gasteiger partial charge < -0.3 is 26.8 Å². The second-order valence-electron chi connectivity index (χ2n) is 19.7. The fourth-order valence-electron chi connectivity index (χ4n) is 12.4. The van der Waals surface area contributed by atoms with E-state index >= 15 is 0 Å². The maximum absolute atomic E-state index is 11.4. The molecule has 17 aromatic rings. The van der Waals surface area contributed by atoms with Crippen LogP contribution in [0.4, 0.5) is 5.69 Å². The number of rotatable bonds is 4. The first-order valence-corrected chi connectivity index (χ1v) is 25.1. The van der Waals surface area contributed by atoms with E-state index in [1.54, 1.807) is 6.07 Å². The van der Waals surface area contributed by atoms with Crippen LogP contribution >= 0.6 is 0 Å². The van der Waals surface area contributed by atoms with Crippen molar-refractivity contribution in [3.63, 3.8) is 0 Å². The van der Waals surface area contributed by atoms with E-state index in [0.717, 1.165) is 154 Å². The molecule has 0 fully saturated rings. The second-order valence-corrected chi connectivity index (χ2v) is 19.7. The molecule has 0 atom stereocenters. The summed E-state index contributed by atoms with van der Waals surface area (Å²) in [7, 11) is 0. The van der Waals surface area contributed by atoms with Crippen molar-refractivity contribution in [2.75, 3.05) is 0 Å². The molecule has 350 valence electrons. The van der Waals surface area contributed by atoms with Crippen LogP contribution in [-0.2, 0) is 0 Å². The highest BCUT2D eigenvalue weighted by molar-refractivity contribution is 6.26. The van der Waals surface area contributed by atoms with Crippen LogP contribution in [0.5, 0.6) is 0 Å². The molecule has 0 aliphatic rings. The molecule has 17 rings (SSSR count). The summed E-state index contributed by atoms with van der Waals surface area (Å²) in [5.74, 6) is 0. The molecule has 0 aliphatic carbocycles. The van der Waals surface area contributed by atoms with Gasteiger partial charge in [0.2, 0.25) is 0 Å². The topological polar surface area (TPSA) is 90.6 Å². The standard InChI is InChI=1S/C68H34N4O4/c1-70-42-30-41(36-69)66(72-54-27-21-38(40-19-23-48-44-11-3-7-15-59(44)74-63(48)34-40)32-52(54)65-56(72)29-25-50-46-13-5-9-17-61(46)76-68(50)65)57(35-42)71-53-26-20-37(39-18-22-47-43-10-2-6-14-58(43)73-62(47)33-39)31-51(53)64-55(71)28-24-49-45-12-4-8-16-60(45)75-67(49)64/h2-35H. The molecule has 0 bridgehead atoms. The van der Waals surface area contributed by atoms with E-state index in [1.807, 2.05) is 78.9 Å². The minimum Gasteiger partial charge on any atom is -0.456 e. The summed E-state index contributed by atoms with van der Waals surface area (Å²) in [6, 6.07) is 73.1. The van der Waals surface area contributed by atoms with Crippen molar-refractivity contribution < 1.29 is 17.7 Å². The average Bonchev–Trinajstić information content (AvgIpc) is 4.52. The third-order valence-corrected chi connectivity index (χ3v) is 15.8. The second kappa shape index (κ2) is 14.9. The van der Waals surface area contributed by atoms with Gasteiger partial charge in [-0.3, -0.25) is 0 Å². The molecule has 0 amide bonds. The van der Waals surface area contributed by atoms with E-state index in [-0.39, 0.29) is 0 Å². The summed E-state index contributed by atoms with van der Waals surface area (Å²) in [6.45, 7) is 8.45. The highest BCUT2D eigenvalue weighted by Crippen LogP contribution is 2.48. The van der Waals surface area contributed by atoms with Gasteiger partial charge in [-0.25, -0.2) is 4.85 Å². The molecule has 6 aromatic heterocycles. The van der Waals surface area contributed by atoms with Gasteiger partial charge in [0.1, 0.15) is 50.7 Å². The molecule has 0 N–H and O–H groups in total. The van der Waals surface area contributed by atoms with Gasteiger partial charge in [0.15, 0.2) is 5.69 Å². The molecule has 0 saturated carbocycles. The SMILES string of the molecule is [C-]#[N+]c1cc(C#N)c(-n2c3ccc(-c4ccc5c(c4)oc4ccccc45)cc3c3c4oc5ccccc5c4ccc32)c(-n2c3ccc(-c4ccc5c(c4)oc4ccccc45)cc3c3c4oc5ccccc5c4ccc32)c1. The quantitative estimate of drug-likeness (QED) is 0.164. The normalized spacial score (nSPS) is 12.2. The lowest BCUT2D eigenvalue weighted by Crippen LogP contribution is -2.06. The molecule has 0 aliphatic heterocycles. The summed E-state index contributed by atoms with van der Waals surface area (Å²) >= 11 is 0. The third-order valence-electron chi connectivity index (χ3n) is 15.8. The lowest BCUT2D eigenvalue weighted by atomic mass is 10.0. The molecule has 6 heterocycles. The smallest absolute Gasteiger partial charge is 0.190 e. The molecular formula is C68H34N4O4. The van der Waals surface area contributed by atoms with Gasteiger partial charge in [-0.2, -0.15) is 5.26 Å². The summed E-state index contributed by atoms with van der Waals surface area (Å²) in [4.78, 5) is 4.00. The van der Waals surface area contributed by atoms with Crippen molar-refractivity contribution >= 4 is 137 Å². The third kappa shape index (κ3) is 5.48. The highest BCUT2D eigenvalue weighted by Gasteiger charge is 2.27. The Balaban J connectivity index is 0.968. The van der Waals surface area contributed by atoms with Crippen molar-refractivity contribution in [2.45, 2.75) is 0 Å². The summed E-state index contributed by atoms with van der Waals surface area (Å²) in [5.41, 5.74) is 15.9. The first kappa shape index (κ1) is 40.8. The minimum absolute atomic E-state index is 0.342. The fourth-order valence-corrected chi connectivity index (χ4v) is 12.4. The van der Waals surface area contributed by atoms with Crippen LogP contribution in [0.2, 0.25) is 0 Å². The van der Waals surface area contributed by atoms with E-state index in [4.69, 9.17) is 24.2 Å². The zero-order chi connectivity index (χ0) is 49.9. The van der Waals surface area contributed by atoms with Crippen LogP contribution in [0.3, 0.4) is 0 Å². The highest BCUT2D eigenvalue weighted by atomic mass is 16.3. The lowest BCUT2D eigenvalue weighted by molar-refractivity contribution is 0.668. The number of aromatic nitrogens is 2. The van der Waals surface area contributed by atoms with E-state index in [1.165, 1.54) is 0 Å². The maximum atomic E-state index is 11.4. The van der Waals surface area contributed by atoms with Gasteiger partial charge in [-0.1, -0.05) is 97.1 Å². The molecule has 0 radical (unpaired) electrons. The van der Waals surface area contributed by atoms with E-state index in [9.17, 15) is 5.26 Å². The largest absolute Gasteiger partial charge is 0.456 e. The number of nitriles is 1. The number of para-hydroxylation sites is 4. The molecule has 76 heavy (non-hydrogen) atoms.